The molecule has 0 radical (unpaired) electrons. The number of amides is 3. The quantitative estimate of drug-likeness (QED) is 0.0981. The zero-order chi connectivity index (χ0) is 35.8. The molecule has 252 valence electrons. The standard InChI is InChI=1S/C40H36N4O5S/c1-5-7-20-31(6-2)44-38(47)33(24-30-23-26(3)43(27(30)4)34-22-15-14-21-32(34)39(48)49)37(46)42-40(44)50-25-35(45)41-36(28-16-10-8-11-17-28)29-18-12-9-13-19-29/h5-24,36H,1,25H2,2-4H3,(H,41,45)(H,48,49)/b20-7-,31-6+,33-24+. The topological polar surface area (TPSA) is 121 Å². The molecule has 1 aliphatic heterocycles. The number of carboxylic acid groups (broad SMARTS) is 1. The summed E-state index contributed by atoms with van der Waals surface area (Å²) in [4.78, 5) is 58.7. The van der Waals surface area contributed by atoms with E-state index in [-0.39, 0.29) is 28.0 Å². The minimum atomic E-state index is -1.07. The van der Waals surface area contributed by atoms with E-state index >= 15 is 0 Å². The number of allylic oxidation sites excluding steroid dienone is 4. The van der Waals surface area contributed by atoms with Gasteiger partial charge in [0.25, 0.3) is 11.8 Å². The number of para-hydroxylation sites is 1. The van der Waals surface area contributed by atoms with Gasteiger partial charge >= 0.3 is 5.97 Å². The average Bonchev–Trinajstić information content (AvgIpc) is 3.41. The van der Waals surface area contributed by atoms with Crippen LogP contribution < -0.4 is 5.32 Å². The lowest BCUT2D eigenvalue weighted by Gasteiger charge is -2.28. The van der Waals surface area contributed by atoms with Crippen LogP contribution in [-0.2, 0) is 14.4 Å². The Balaban J connectivity index is 1.47. The number of carbonyl (C=O) groups is 4. The van der Waals surface area contributed by atoms with Gasteiger partial charge in [0.1, 0.15) is 5.57 Å². The molecule has 2 N–H and O–H groups in total. The van der Waals surface area contributed by atoms with Crippen molar-refractivity contribution in [3.63, 3.8) is 0 Å². The monoisotopic (exact) mass is 684 g/mol. The Hall–Kier alpha value is -6.00. The number of benzene rings is 3. The smallest absolute Gasteiger partial charge is 0.337 e. The summed E-state index contributed by atoms with van der Waals surface area (Å²) in [6, 6.07) is 27.2. The van der Waals surface area contributed by atoms with Crippen LogP contribution in [0.15, 0.2) is 138 Å². The van der Waals surface area contributed by atoms with Crippen LogP contribution in [0.2, 0.25) is 0 Å². The molecule has 0 saturated heterocycles. The van der Waals surface area contributed by atoms with E-state index in [0.717, 1.165) is 22.9 Å². The predicted octanol–water partition coefficient (Wildman–Crippen LogP) is 7.19. The molecule has 1 aliphatic rings. The van der Waals surface area contributed by atoms with Gasteiger partial charge in [-0.2, -0.15) is 4.99 Å². The van der Waals surface area contributed by atoms with Crippen LogP contribution in [0.3, 0.4) is 0 Å². The van der Waals surface area contributed by atoms with Crippen LogP contribution >= 0.6 is 11.8 Å². The lowest BCUT2D eigenvalue weighted by Crippen LogP contribution is -2.42. The number of aryl methyl sites for hydroxylation is 1. The number of aromatic nitrogens is 1. The molecule has 0 aliphatic carbocycles. The molecule has 1 aromatic heterocycles. The Labute approximate surface area is 295 Å². The van der Waals surface area contributed by atoms with Crippen LogP contribution in [0, 0.1) is 13.8 Å². The summed E-state index contributed by atoms with van der Waals surface area (Å²) < 4.78 is 1.77. The number of carbonyl (C=O) groups excluding carboxylic acids is 3. The molecule has 0 spiro atoms. The lowest BCUT2D eigenvalue weighted by atomic mass is 9.99. The first-order valence-electron chi connectivity index (χ1n) is 15.8. The van der Waals surface area contributed by atoms with Crippen molar-refractivity contribution in [2.24, 2.45) is 4.99 Å². The zero-order valence-corrected chi connectivity index (χ0v) is 28.7. The zero-order valence-electron chi connectivity index (χ0n) is 27.9. The van der Waals surface area contributed by atoms with Gasteiger partial charge in [-0.05, 0) is 67.8 Å². The molecule has 0 bridgehead atoms. The highest BCUT2D eigenvalue weighted by Gasteiger charge is 2.35. The number of hydrogen-bond donors (Lipinski definition) is 2. The van der Waals surface area contributed by atoms with Crippen LogP contribution in [0.5, 0.6) is 0 Å². The van der Waals surface area contributed by atoms with E-state index in [1.165, 1.54) is 17.0 Å². The van der Waals surface area contributed by atoms with Gasteiger partial charge in [0.15, 0.2) is 5.17 Å². The number of nitrogens with zero attached hydrogens (tertiary/aromatic N) is 3. The SMILES string of the molecule is C=C/C=C\C(=C/C)N1C(=O)/C(=C/c2cc(C)n(-c3ccccc3C(=O)O)c2C)C(=O)N=C1SCC(=O)NC(c1ccccc1)c1ccccc1. The van der Waals surface area contributed by atoms with Crippen molar-refractivity contribution in [3.05, 3.63) is 167 Å². The molecule has 5 rings (SSSR count). The van der Waals surface area contributed by atoms with E-state index < -0.39 is 23.8 Å². The Morgan fingerprint density at radius 3 is 2.18 bits per heavy atom. The fourth-order valence-corrected chi connectivity index (χ4v) is 6.51. The molecule has 0 atom stereocenters. The molecule has 50 heavy (non-hydrogen) atoms. The van der Waals surface area contributed by atoms with Crippen molar-refractivity contribution >= 4 is 46.7 Å². The minimum Gasteiger partial charge on any atom is -0.478 e. The van der Waals surface area contributed by atoms with E-state index in [0.29, 0.717) is 28.3 Å². The van der Waals surface area contributed by atoms with Crippen LogP contribution in [0.1, 0.15) is 51.4 Å². The van der Waals surface area contributed by atoms with E-state index in [2.05, 4.69) is 16.9 Å². The second-order valence-corrected chi connectivity index (χ2v) is 12.2. The highest BCUT2D eigenvalue weighted by Crippen LogP contribution is 2.30. The van der Waals surface area contributed by atoms with Crippen LogP contribution in [-0.4, -0.2) is 49.2 Å². The van der Waals surface area contributed by atoms with Gasteiger partial charge in [0.05, 0.1) is 23.0 Å². The molecule has 10 heteroatoms. The number of thioether (sulfide) groups is 1. The van der Waals surface area contributed by atoms with Crippen molar-refractivity contribution in [1.29, 1.82) is 0 Å². The highest BCUT2D eigenvalue weighted by atomic mass is 32.2. The number of aliphatic imine (C=N–C) groups is 1. The normalized spacial score (nSPS) is 14.4. The predicted molar refractivity (Wildman–Crippen MR) is 198 cm³/mol. The lowest BCUT2D eigenvalue weighted by molar-refractivity contribution is -0.126. The first-order chi connectivity index (χ1) is 24.1. The Morgan fingerprint density at radius 1 is 0.960 bits per heavy atom. The van der Waals surface area contributed by atoms with Crippen molar-refractivity contribution in [2.45, 2.75) is 26.8 Å². The molecule has 3 aromatic carbocycles. The average molecular weight is 685 g/mol. The number of rotatable bonds is 11. The van der Waals surface area contributed by atoms with E-state index in [1.54, 1.807) is 67.0 Å². The summed E-state index contributed by atoms with van der Waals surface area (Å²) in [6.07, 6.45) is 8.08. The maximum atomic E-state index is 14.2. The maximum Gasteiger partial charge on any atom is 0.337 e. The van der Waals surface area contributed by atoms with Gasteiger partial charge in [0, 0.05) is 17.1 Å². The maximum absolute atomic E-state index is 14.2. The summed E-state index contributed by atoms with van der Waals surface area (Å²) >= 11 is 0.985. The van der Waals surface area contributed by atoms with Crippen LogP contribution in [0.4, 0.5) is 0 Å². The first kappa shape index (κ1) is 35.3. The number of amidine groups is 1. The minimum absolute atomic E-state index is 0.0611. The Morgan fingerprint density at radius 2 is 1.58 bits per heavy atom. The van der Waals surface area contributed by atoms with Crippen molar-refractivity contribution in [3.8, 4) is 5.69 Å². The molecular formula is C40H36N4O5S. The van der Waals surface area contributed by atoms with Gasteiger partial charge < -0.3 is 15.0 Å². The fourth-order valence-electron chi connectivity index (χ4n) is 5.70. The molecule has 0 unspecified atom stereocenters. The number of hydrogen-bond acceptors (Lipinski definition) is 5. The van der Waals surface area contributed by atoms with Gasteiger partial charge in [-0.3, -0.25) is 19.3 Å². The van der Waals surface area contributed by atoms with Gasteiger partial charge in [-0.15, -0.1) is 0 Å². The summed E-state index contributed by atoms with van der Waals surface area (Å²) in [5.41, 5.74) is 4.57. The van der Waals surface area contributed by atoms with Crippen molar-refractivity contribution in [2.75, 3.05) is 5.75 Å². The molecule has 3 amide bonds. The second kappa shape index (κ2) is 15.9. The highest BCUT2D eigenvalue weighted by molar-refractivity contribution is 8.14. The van der Waals surface area contributed by atoms with E-state index in [4.69, 9.17) is 0 Å². The Kier molecular flexibility index (Phi) is 11.3. The number of carboxylic acids is 1. The largest absolute Gasteiger partial charge is 0.478 e. The third kappa shape index (κ3) is 7.66. The molecule has 2 heterocycles. The molecule has 9 nitrogen and oxygen atoms in total. The van der Waals surface area contributed by atoms with E-state index in [9.17, 15) is 24.3 Å². The van der Waals surface area contributed by atoms with Gasteiger partial charge in [0.2, 0.25) is 5.91 Å². The second-order valence-electron chi connectivity index (χ2n) is 11.3. The molecular weight excluding hydrogens is 649 g/mol. The first-order valence-corrected chi connectivity index (χ1v) is 16.8. The Bertz CT molecular complexity index is 2040. The van der Waals surface area contributed by atoms with Gasteiger partial charge in [-0.25, -0.2) is 4.79 Å². The fraction of sp³-hybridized carbons (Fsp3) is 0.125. The van der Waals surface area contributed by atoms with Crippen molar-refractivity contribution < 1.29 is 24.3 Å². The van der Waals surface area contributed by atoms with Crippen LogP contribution in [0.25, 0.3) is 11.8 Å². The molecule has 0 saturated carbocycles. The van der Waals surface area contributed by atoms with E-state index in [1.807, 2.05) is 67.6 Å². The summed E-state index contributed by atoms with van der Waals surface area (Å²) in [7, 11) is 0. The number of aromatic carboxylic acids is 1. The van der Waals surface area contributed by atoms with Crippen molar-refractivity contribution in [1.82, 2.24) is 14.8 Å². The van der Waals surface area contributed by atoms with Gasteiger partial charge in [-0.1, -0.05) is 109 Å². The third-order valence-electron chi connectivity index (χ3n) is 8.06. The summed E-state index contributed by atoms with van der Waals surface area (Å²) in [5.74, 6) is -2.86. The third-order valence-corrected chi connectivity index (χ3v) is 9.00. The summed E-state index contributed by atoms with van der Waals surface area (Å²) in [5, 5.41) is 12.9. The molecule has 0 fully saturated rings. The summed E-state index contributed by atoms with van der Waals surface area (Å²) in [6.45, 7) is 9.09. The molecule has 4 aromatic rings. The number of nitrogens with one attached hydrogen (secondary N) is 1.